The van der Waals surface area contributed by atoms with E-state index in [-0.39, 0.29) is 12.5 Å². The Hall–Kier alpha value is -2.05. The molecule has 0 aliphatic rings. The minimum atomic E-state index is -0.450. The SMILES string of the molecule is Cc1ccc(C(=O)NNC(=O)COc2ccc(Cl)c(C)c2)s1. The Morgan fingerprint density at radius 2 is 1.95 bits per heavy atom. The average Bonchev–Trinajstić information content (AvgIpc) is 2.92. The van der Waals surface area contributed by atoms with Crippen molar-refractivity contribution in [3.05, 3.63) is 50.7 Å². The maximum absolute atomic E-state index is 11.7. The second-order valence-electron chi connectivity index (χ2n) is 4.61. The molecule has 116 valence electrons. The number of hydrogen-bond acceptors (Lipinski definition) is 4. The van der Waals surface area contributed by atoms with Gasteiger partial charge in [0.15, 0.2) is 6.61 Å². The first-order chi connectivity index (χ1) is 10.5. The van der Waals surface area contributed by atoms with Gasteiger partial charge in [-0.05, 0) is 49.7 Å². The summed E-state index contributed by atoms with van der Waals surface area (Å²) in [5.41, 5.74) is 5.51. The lowest BCUT2D eigenvalue weighted by atomic mass is 10.2. The van der Waals surface area contributed by atoms with Gasteiger partial charge in [-0.1, -0.05) is 11.6 Å². The molecule has 0 saturated carbocycles. The van der Waals surface area contributed by atoms with Crippen molar-refractivity contribution >= 4 is 34.8 Å². The zero-order valence-electron chi connectivity index (χ0n) is 12.1. The summed E-state index contributed by atoms with van der Waals surface area (Å²) in [4.78, 5) is 24.9. The monoisotopic (exact) mass is 338 g/mol. The van der Waals surface area contributed by atoms with Crippen LogP contribution in [0.15, 0.2) is 30.3 Å². The molecule has 2 aromatic rings. The van der Waals surface area contributed by atoms with E-state index in [4.69, 9.17) is 16.3 Å². The molecule has 5 nitrogen and oxygen atoms in total. The molecule has 1 aromatic heterocycles. The predicted molar refractivity (Wildman–Crippen MR) is 86.3 cm³/mol. The number of aryl methyl sites for hydroxylation is 2. The Bertz CT molecular complexity index is 700. The summed E-state index contributed by atoms with van der Waals surface area (Å²) >= 11 is 7.26. The summed E-state index contributed by atoms with van der Waals surface area (Å²) in [6, 6.07) is 8.66. The number of hydrazine groups is 1. The van der Waals surface area contributed by atoms with Crippen LogP contribution >= 0.6 is 22.9 Å². The molecule has 0 spiro atoms. The number of carbonyl (C=O) groups excluding carboxylic acids is 2. The highest BCUT2D eigenvalue weighted by Crippen LogP contribution is 2.20. The summed E-state index contributed by atoms with van der Waals surface area (Å²) in [5, 5.41) is 0.635. The Labute approximate surface area is 137 Å². The van der Waals surface area contributed by atoms with Crippen molar-refractivity contribution in [2.75, 3.05) is 6.61 Å². The molecule has 7 heteroatoms. The first kappa shape index (κ1) is 16.3. The van der Waals surface area contributed by atoms with E-state index in [0.29, 0.717) is 15.6 Å². The van der Waals surface area contributed by atoms with Crippen LogP contribution in [0.1, 0.15) is 20.1 Å². The Morgan fingerprint density at radius 3 is 2.59 bits per heavy atom. The molecule has 0 radical (unpaired) electrons. The number of nitrogens with one attached hydrogen (secondary N) is 2. The van der Waals surface area contributed by atoms with Gasteiger partial charge >= 0.3 is 0 Å². The fourth-order valence-corrected chi connectivity index (χ4v) is 2.52. The maximum atomic E-state index is 11.7. The third kappa shape index (κ3) is 4.47. The van der Waals surface area contributed by atoms with Crippen LogP contribution in [0.5, 0.6) is 5.75 Å². The molecule has 0 aliphatic heterocycles. The average molecular weight is 339 g/mol. The molecule has 1 heterocycles. The highest BCUT2D eigenvalue weighted by atomic mass is 35.5. The van der Waals surface area contributed by atoms with Gasteiger partial charge in [0.25, 0.3) is 11.8 Å². The first-order valence-electron chi connectivity index (χ1n) is 6.50. The third-order valence-electron chi connectivity index (χ3n) is 2.78. The van der Waals surface area contributed by atoms with Crippen LogP contribution in [-0.4, -0.2) is 18.4 Å². The molecule has 0 bridgehead atoms. The number of amides is 2. The van der Waals surface area contributed by atoms with Crippen molar-refractivity contribution in [2.24, 2.45) is 0 Å². The van der Waals surface area contributed by atoms with Crippen LogP contribution in [0.3, 0.4) is 0 Å². The minimum absolute atomic E-state index is 0.204. The topological polar surface area (TPSA) is 67.4 Å². The highest BCUT2D eigenvalue weighted by Gasteiger charge is 2.09. The van der Waals surface area contributed by atoms with Gasteiger partial charge in [0.2, 0.25) is 0 Å². The van der Waals surface area contributed by atoms with Gasteiger partial charge in [0, 0.05) is 9.90 Å². The predicted octanol–water partition coefficient (Wildman–Crippen LogP) is 2.86. The van der Waals surface area contributed by atoms with Crippen molar-refractivity contribution in [1.82, 2.24) is 10.9 Å². The number of halogens is 1. The van der Waals surface area contributed by atoms with E-state index in [2.05, 4.69) is 10.9 Å². The first-order valence-corrected chi connectivity index (χ1v) is 7.70. The van der Waals surface area contributed by atoms with Gasteiger partial charge in [-0.2, -0.15) is 0 Å². The Balaban J connectivity index is 1.78. The number of thiophene rings is 1. The Morgan fingerprint density at radius 1 is 1.18 bits per heavy atom. The standard InChI is InChI=1S/C15H15ClN2O3S/c1-9-7-11(4-5-12(9)16)21-8-14(19)17-18-15(20)13-6-3-10(2)22-13/h3-7H,8H2,1-2H3,(H,17,19)(H,18,20). The van der Waals surface area contributed by atoms with Crippen molar-refractivity contribution in [3.63, 3.8) is 0 Å². The summed E-state index contributed by atoms with van der Waals surface area (Å²) in [6.07, 6.45) is 0. The van der Waals surface area contributed by atoms with Crippen LogP contribution in [-0.2, 0) is 4.79 Å². The molecule has 2 N–H and O–H groups in total. The van der Waals surface area contributed by atoms with Gasteiger partial charge in [0.1, 0.15) is 5.75 Å². The van der Waals surface area contributed by atoms with Crippen LogP contribution < -0.4 is 15.6 Å². The van der Waals surface area contributed by atoms with Crippen molar-refractivity contribution in [1.29, 1.82) is 0 Å². The van der Waals surface area contributed by atoms with Crippen LogP contribution in [0.25, 0.3) is 0 Å². The van der Waals surface area contributed by atoms with E-state index < -0.39 is 5.91 Å². The molecule has 1 aromatic carbocycles. The van der Waals surface area contributed by atoms with Crippen molar-refractivity contribution < 1.29 is 14.3 Å². The summed E-state index contributed by atoms with van der Waals surface area (Å²) in [5.74, 6) is -0.264. The van der Waals surface area contributed by atoms with Gasteiger partial charge in [0.05, 0.1) is 4.88 Å². The summed E-state index contributed by atoms with van der Waals surface area (Å²) in [6.45, 7) is 3.55. The molecule has 0 atom stereocenters. The van der Waals surface area contributed by atoms with Crippen LogP contribution in [0.4, 0.5) is 0 Å². The minimum Gasteiger partial charge on any atom is -0.484 e. The lowest BCUT2D eigenvalue weighted by Gasteiger charge is -2.09. The van der Waals surface area contributed by atoms with E-state index in [9.17, 15) is 9.59 Å². The second kappa shape index (κ2) is 7.29. The fourth-order valence-electron chi connectivity index (χ4n) is 1.64. The van der Waals surface area contributed by atoms with E-state index in [1.54, 1.807) is 24.3 Å². The van der Waals surface area contributed by atoms with E-state index in [1.165, 1.54) is 11.3 Å². The summed E-state index contributed by atoms with van der Waals surface area (Å²) < 4.78 is 5.33. The highest BCUT2D eigenvalue weighted by molar-refractivity contribution is 7.13. The normalized spacial score (nSPS) is 10.1. The lowest BCUT2D eigenvalue weighted by Crippen LogP contribution is -2.43. The lowest BCUT2D eigenvalue weighted by molar-refractivity contribution is -0.123. The fraction of sp³-hybridized carbons (Fsp3) is 0.200. The quantitative estimate of drug-likeness (QED) is 0.842. The number of carbonyl (C=O) groups is 2. The second-order valence-corrected chi connectivity index (χ2v) is 6.31. The molecule has 0 fully saturated rings. The molecular weight excluding hydrogens is 324 g/mol. The van der Waals surface area contributed by atoms with Crippen LogP contribution in [0.2, 0.25) is 5.02 Å². The van der Waals surface area contributed by atoms with E-state index in [0.717, 1.165) is 10.4 Å². The number of rotatable bonds is 4. The molecule has 2 amide bonds. The Kier molecular flexibility index (Phi) is 5.41. The van der Waals surface area contributed by atoms with Crippen LogP contribution in [0, 0.1) is 13.8 Å². The zero-order chi connectivity index (χ0) is 16.1. The van der Waals surface area contributed by atoms with Crippen molar-refractivity contribution in [3.8, 4) is 5.75 Å². The third-order valence-corrected chi connectivity index (χ3v) is 4.20. The van der Waals surface area contributed by atoms with Gasteiger partial charge < -0.3 is 4.74 Å². The smallest absolute Gasteiger partial charge is 0.279 e. The molecule has 2 rings (SSSR count). The van der Waals surface area contributed by atoms with Gasteiger partial charge in [-0.25, -0.2) is 0 Å². The maximum Gasteiger partial charge on any atom is 0.279 e. The van der Waals surface area contributed by atoms with E-state index >= 15 is 0 Å². The van der Waals surface area contributed by atoms with E-state index in [1.807, 2.05) is 19.9 Å². The number of ether oxygens (including phenoxy) is 1. The molecule has 0 saturated heterocycles. The number of hydrogen-bond donors (Lipinski definition) is 2. The molecule has 22 heavy (non-hydrogen) atoms. The van der Waals surface area contributed by atoms with Gasteiger partial charge in [-0.3, -0.25) is 20.4 Å². The number of benzene rings is 1. The molecule has 0 aliphatic carbocycles. The van der Waals surface area contributed by atoms with Crippen molar-refractivity contribution in [2.45, 2.75) is 13.8 Å². The molecule has 0 unspecified atom stereocenters. The molecular formula is C15H15ClN2O3S. The van der Waals surface area contributed by atoms with Gasteiger partial charge in [-0.15, -0.1) is 11.3 Å². The largest absolute Gasteiger partial charge is 0.484 e. The summed E-state index contributed by atoms with van der Waals surface area (Å²) in [7, 11) is 0. The zero-order valence-corrected chi connectivity index (χ0v) is 13.7.